The lowest BCUT2D eigenvalue weighted by atomic mass is 9.94. The van der Waals surface area contributed by atoms with E-state index in [1.54, 1.807) is 0 Å². The number of nitrogens with two attached hydrogens (primary N) is 1. The molecule has 0 aliphatic heterocycles. The van der Waals surface area contributed by atoms with Crippen molar-refractivity contribution in [3.8, 4) is 0 Å². The fraction of sp³-hybridized carbons (Fsp3) is 0.500. The minimum absolute atomic E-state index is 0.0785. The van der Waals surface area contributed by atoms with E-state index < -0.39 is 0 Å². The van der Waals surface area contributed by atoms with Crippen molar-refractivity contribution in [3.05, 3.63) is 35.9 Å². The first-order chi connectivity index (χ1) is 7.06. The van der Waals surface area contributed by atoms with E-state index in [1.165, 1.54) is 5.56 Å². The zero-order valence-corrected chi connectivity index (χ0v) is 9.83. The molecule has 15 heavy (non-hydrogen) atoms. The predicted molar refractivity (Wildman–Crippen MR) is 64.4 cm³/mol. The minimum atomic E-state index is -0.0785. The molecule has 0 fully saturated rings. The summed E-state index contributed by atoms with van der Waals surface area (Å²) in [6.45, 7) is 2.75. The van der Waals surface area contributed by atoms with Gasteiger partial charge in [0.05, 0.1) is 0 Å². The Hall–Kier alpha value is -0.900. The van der Waals surface area contributed by atoms with Crippen LogP contribution in [0.25, 0.3) is 0 Å². The van der Waals surface area contributed by atoms with Gasteiger partial charge in [-0.15, -0.1) is 0 Å². The lowest BCUT2D eigenvalue weighted by Crippen LogP contribution is -2.55. The number of nitrogens with one attached hydrogen (secondary N) is 1. The molecule has 0 bridgehead atoms. The van der Waals surface area contributed by atoms with E-state index in [4.69, 9.17) is 5.73 Å². The molecule has 1 aromatic rings. The van der Waals surface area contributed by atoms with Crippen LogP contribution in [-0.2, 0) is 6.42 Å². The molecule has 1 aromatic carbocycles. The number of hydrazine groups is 1. The fourth-order valence-electron chi connectivity index (χ4n) is 1.74. The van der Waals surface area contributed by atoms with Crippen molar-refractivity contribution >= 4 is 0 Å². The largest absolute Gasteiger partial charge is 0.329 e. The second-order valence-electron chi connectivity index (χ2n) is 4.43. The van der Waals surface area contributed by atoms with Crippen LogP contribution in [0.4, 0.5) is 0 Å². The van der Waals surface area contributed by atoms with Gasteiger partial charge < -0.3 is 5.73 Å². The van der Waals surface area contributed by atoms with Gasteiger partial charge in [-0.3, -0.25) is 5.01 Å². The maximum Gasteiger partial charge on any atom is 0.0459 e. The van der Waals surface area contributed by atoms with Gasteiger partial charge in [0.2, 0.25) is 0 Å². The Morgan fingerprint density at radius 2 is 1.87 bits per heavy atom. The first kappa shape index (κ1) is 12.2. The summed E-state index contributed by atoms with van der Waals surface area (Å²) in [4.78, 5) is 0. The molecule has 0 saturated heterocycles. The molecule has 3 nitrogen and oxygen atoms in total. The number of rotatable bonds is 5. The molecule has 1 rings (SSSR count). The molecule has 0 heterocycles. The van der Waals surface area contributed by atoms with Crippen LogP contribution < -0.4 is 11.2 Å². The monoisotopic (exact) mass is 207 g/mol. The first-order valence-corrected chi connectivity index (χ1v) is 5.25. The average Bonchev–Trinajstić information content (AvgIpc) is 2.18. The highest BCUT2D eigenvalue weighted by Crippen LogP contribution is 2.11. The molecular formula is C12H21N3. The summed E-state index contributed by atoms with van der Waals surface area (Å²) in [5.74, 6) is 0. The molecule has 0 aliphatic rings. The van der Waals surface area contributed by atoms with E-state index >= 15 is 0 Å². The van der Waals surface area contributed by atoms with Crippen LogP contribution in [0.2, 0.25) is 0 Å². The summed E-state index contributed by atoms with van der Waals surface area (Å²) < 4.78 is 0. The summed E-state index contributed by atoms with van der Waals surface area (Å²) in [6, 6.07) is 10.4. The van der Waals surface area contributed by atoms with Crippen molar-refractivity contribution in [2.45, 2.75) is 18.9 Å². The zero-order valence-electron chi connectivity index (χ0n) is 9.83. The third kappa shape index (κ3) is 4.00. The molecule has 1 atom stereocenters. The van der Waals surface area contributed by atoms with Crippen LogP contribution in [0, 0.1) is 0 Å². The van der Waals surface area contributed by atoms with E-state index in [-0.39, 0.29) is 5.54 Å². The molecule has 0 aliphatic carbocycles. The van der Waals surface area contributed by atoms with Gasteiger partial charge in [0, 0.05) is 26.2 Å². The van der Waals surface area contributed by atoms with Gasteiger partial charge in [-0.1, -0.05) is 30.3 Å². The molecule has 0 saturated carbocycles. The van der Waals surface area contributed by atoms with Crippen molar-refractivity contribution < 1.29 is 0 Å². The van der Waals surface area contributed by atoms with Crippen LogP contribution in [0.5, 0.6) is 0 Å². The Bertz CT molecular complexity index is 284. The van der Waals surface area contributed by atoms with Crippen molar-refractivity contribution in [2.75, 3.05) is 20.6 Å². The minimum Gasteiger partial charge on any atom is -0.329 e. The van der Waals surface area contributed by atoms with Gasteiger partial charge >= 0.3 is 0 Å². The fourth-order valence-corrected chi connectivity index (χ4v) is 1.74. The van der Waals surface area contributed by atoms with E-state index in [2.05, 4.69) is 36.6 Å². The first-order valence-electron chi connectivity index (χ1n) is 5.25. The molecule has 0 aromatic heterocycles. The Kier molecular flexibility index (Phi) is 4.27. The highest BCUT2D eigenvalue weighted by atomic mass is 15.5. The predicted octanol–water partition coefficient (Wildman–Crippen LogP) is 1.01. The summed E-state index contributed by atoms with van der Waals surface area (Å²) in [5, 5.41) is 1.95. The smallest absolute Gasteiger partial charge is 0.0459 e. The third-order valence-electron chi connectivity index (χ3n) is 2.38. The molecule has 1 unspecified atom stereocenters. The van der Waals surface area contributed by atoms with Gasteiger partial charge in [0.15, 0.2) is 0 Å². The van der Waals surface area contributed by atoms with Crippen molar-refractivity contribution in [3.63, 3.8) is 0 Å². The van der Waals surface area contributed by atoms with Gasteiger partial charge in [0.25, 0.3) is 0 Å². The second-order valence-corrected chi connectivity index (χ2v) is 4.43. The summed E-state index contributed by atoms with van der Waals surface area (Å²) in [6.07, 6.45) is 0.933. The van der Waals surface area contributed by atoms with Crippen LogP contribution in [0.15, 0.2) is 30.3 Å². The summed E-state index contributed by atoms with van der Waals surface area (Å²) >= 11 is 0. The van der Waals surface area contributed by atoms with E-state index in [0.29, 0.717) is 6.54 Å². The Labute approximate surface area is 92.2 Å². The quantitative estimate of drug-likeness (QED) is 0.708. The van der Waals surface area contributed by atoms with E-state index in [9.17, 15) is 0 Å². The molecule has 3 N–H and O–H groups in total. The average molecular weight is 207 g/mol. The van der Waals surface area contributed by atoms with Crippen LogP contribution >= 0.6 is 0 Å². The normalized spacial score (nSPS) is 15.3. The third-order valence-corrected chi connectivity index (χ3v) is 2.38. The highest BCUT2D eigenvalue weighted by molar-refractivity contribution is 5.17. The lowest BCUT2D eigenvalue weighted by Gasteiger charge is -2.33. The Balaban J connectivity index is 2.68. The van der Waals surface area contributed by atoms with Crippen LogP contribution in [0.1, 0.15) is 12.5 Å². The summed E-state index contributed by atoms with van der Waals surface area (Å²) in [7, 11) is 3.97. The highest BCUT2D eigenvalue weighted by Gasteiger charge is 2.22. The number of benzene rings is 1. The molecule has 0 radical (unpaired) electrons. The van der Waals surface area contributed by atoms with Crippen molar-refractivity contribution in [1.82, 2.24) is 10.4 Å². The number of hydrogen-bond acceptors (Lipinski definition) is 3. The van der Waals surface area contributed by atoms with E-state index in [1.807, 2.05) is 25.2 Å². The van der Waals surface area contributed by atoms with Gasteiger partial charge in [-0.05, 0) is 18.9 Å². The van der Waals surface area contributed by atoms with Crippen LogP contribution in [0.3, 0.4) is 0 Å². The van der Waals surface area contributed by atoms with Gasteiger partial charge in [-0.2, -0.15) is 0 Å². The topological polar surface area (TPSA) is 41.3 Å². The van der Waals surface area contributed by atoms with Crippen LogP contribution in [-0.4, -0.2) is 31.2 Å². The maximum absolute atomic E-state index is 5.81. The van der Waals surface area contributed by atoms with Crippen molar-refractivity contribution in [2.24, 2.45) is 5.73 Å². The Morgan fingerprint density at radius 3 is 2.33 bits per heavy atom. The molecule has 3 heteroatoms. The van der Waals surface area contributed by atoms with E-state index in [0.717, 1.165) is 6.42 Å². The lowest BCUT2D eigenvalue weighted by molar-refractivity contribution is 0.175. The Morgan fingerprint density at radius 1 is 1.27 bits per heavy atom. The summed E-state index contributed by atoms with van der Waals surface area (Å²) in [5.41, 5.74) is 10.4. The van der Waals surface area contributed by atoms with Gasteiger partial charge in [0.1, 0.15) is 0 Å². The molecule has 0 spiro atoms. The SMILES string of the molecule is CN(C)NC(C)(CN)Cc1ccccc1. The van der Waals surface area contributed by atoms with Crippen molar-refractivity contribution in [1.29, 1.82) is 0 Å². The maximum atomic E-state index is 5.81. The number of hydrogen-bond donors (Lipinski definition) is 2. The number of nitrogens with zero attached hydrogens (tertiary/aromatic N) is 1. The molecule has 84 valence electrons. The van der Waals surface area contributed by atoms with Gasteiger partial charge in [-0.25, -0.2) is 5.43 Å². The zero-order chi connectivity index (χ0) is 11.3. The standard InChI is InChI=1S/C12H21N3/c1-12(10-13,14-15(2)3)9-11-7-5-4-6-8-11/h4-8,14H,9-10,13H2,1-3H3. The molecular weight excluding hydrogens is 186 g/mol. The molecule has 0 amide bonds. The second kappa shape index (κ2) is 5.26.